The van der Waals surface area contributed by atoms with E-state index in [0.717, 1.165) is 5.56 Å². The summed E-state index contributed by atoms with van der Waals surface area (Å²) < 4.78 is 11.8. The van der Waals surface area contributed by atoms with Gasteiger partial charge in [0, 0.05) is 22.6 Å². The summed E-state index contributed by atoms with van der Waals surface area (Å²) in [4.78, 5) is 48.4. The summed E-state index contributed by atoms with van der Waals surface area (Å²) in [6.45, 7) is 6.72. The molecule has 2 aromatic rings. The van der Waals surface area contributed by atoms with Gasteiger partial charge >= 0.3 is 11.9 Å². The second-order valence-corrected chi connectivity index (χ2v) is 7.19. The minimum absolute atomic E-state index is 0.110. The van der Waals surface area contributed by atoms with Crippen LogP contribution in [0.4, 0.5) is 5.69 Å². The highest BCUT2D eigenvalue weighted by Crippen LogP contribution is 2.32. The third kappa shape index (κ3) is 4.12. The van der Waals surface area contributed by atoms with E-state index < -0.39 is 18.5 Å². The van der Waals surface area contributed by atoms with Gasteiger partial charge in [-0.05, 0) is 57.5 Å². The van der Waals surface area contributed by atoms with Crippen molar-refractivity contribution in [2.24, 2.45) is 0 Å². The van der Waals surface area contributed by atoms with Crippen LogP contribution in [0.2, 0.25) is 0 Å². The molecule has 0 aliphatic carbocycles. The Labute approximate surface area is 174 Å². The lowest BCUT2D eigenvalue weighted by Gasteiger charge is -2.10. The molecule has 1 amide bonds. The SMILES string of the molecule is CCOC(=O)c1cc(C)n(CC(=O)OCC(=O)c2ccc3c(c2)[C@H](C)C(=O)N3)c1C. The van der Waals surface area contributed by atoms with E-state index in [1.807, 2.05) is 0 Å². The van der Waals surface area contributed by atoms with Crippen LogP contribution in [0, 0.1) is 13.8 Å². The van der Waals surface area contributed by atoms with Gasteiger partial charge in [-0.2, -0.15) is 0 Å². The van der Waals surface area contributed by atoms with Gasteiger partial charge in [-0.15, -0.1) is 0 Å². The Morgan fingerprint density at radius 3 is 2.57 bits per heavy atom. The predicted octanol–water partition coefficient (Wildman–Crippen LogP) is 2.76. The summed E-state index contributed by atoms with van der Waals surface area (Å²) in [5.74, 6) is -1.83. The van der Waals surface area contributed by atoms with Crippen LogP contribution in [0.25, 0.3) is 0 Å². The van der Waals surface area contributed by atoms with Gasteiger partial charge < -0.3 is 19.4 Å². The van der Waals surface area contributed by atoms with Crippen molar-refractivity contribution in [2.75, 3.05) is 18.5 Å². The first-order valence-electron chi connectivity index (χ1n) is 9.70. The summed E-state index contributed by atoms with van der Waals surface area (Å²) in [6.07, 6.45) is 0. The lowest BCUT2D eigenvalue weighted by molar-refractivity contribution is -0.143. The summed E-state index contributed by atoms with van der Waals surface area (Å²) in [5.41, 5.74) is 3.53. The number of benzene rings is 1. The topological polar surface area (TPSA) is 104 Å². The van der Waals surface area contributed by atoms with Crippen LogP contribution in [0.3, 0.4) is 0 Å². The summed E-state index contributed by atoms with van der Waals surface area (Å²) in [7, 11) is 0. The number of esters is 2. The van der Waals surface area contributed by atoms with Gasteiger partial charge in [-0.25, -0.2) is 4.79 Å². The van der Waals surface area contributed by atoms with Gasteiger partial charge in [0.2, 0.25) is 5.91 Å². The van der Waals surface area contributed by atoms with Gasteiger partial charge in [0.15, 0.2) is 12.4 Å². The lowest BCUT2D eigenvalue weighted by Crippen LogP contribution is -2.20. The number of carbonyl (C=O) groups is 4. The number of fused-ring (bicyclic) bond motifs is 1. The molecule has 1 atom stereocenters. The quantitative estimate of drug-likeness (QED) is 0.554. The Morgan fingerprint density at radius 1 is 1.13 bits per heavy atom. The Hall–Kier alpha value is -3.42. The molecule has 0 unspecified atom stereocenters. The Bertz CT molecular complexity index is 1040. The number of ether oxygens (including phenoxy) is 2. The Balaban J connectivity index is 1.62. The Morgan fingerprint density at radius 2 is 1.87 bits per heavy atom. The third-order valence-electron chi connectivity index (χ3n) is 5.21. The van der Waals surface area contributed by atoms with Gasteiger partial charge in [0.1, 0.15) is 6.54 Å². The molecule has 30 heavy (non-hydrogen) atoms. The van der Waals surface area contributed by atoms with E-state index in [9.17, 15) is 19.2 Å². The zero-order chi connectivity index (χ0) is 22.0. The number of hydrogen-bond acceptors (Lipinski definition) is 6. The molecule has 1 aliphatic heterocycles. The zero-order valence-corrected chi connectivity index (χ0v) is 17.4. The van der Waals surface area contributed by atoms with Gasteiger partial charge in [0.25, 0.3) is 0 Å². The molecule has 0 radical (unpaired) electrons. The molecule has 0 spiro atoms. The lowest BCUT2D eigenvalue weighted by atomic mass is 9.99. The first-order chi connectivity index (χ1) is 14.2. The maximum Gasteiger partial charge on any atom is 0.339 e. The van der Waals surface area contributed by atoms with Crippen molar-refractivity contribution < 1.29 is 28.7 Å². The average molecular weight is 412 g/mol. The van der Waals surface area contributed by atoms with E-state index in [0.29, 0.717) is 28.2 Å². The minimum Gasteiger partial charge on any atom is -0.462 e. The molecule has 0 bridgehead atoms. The van der Waals surface area contributed by atoms with Crippen LogP contribution < -0.4 is 5.32 Å². The number of carbonyl (C=O) groups excluding carboxylic acids is 4. The predicted molar refractivity (Wildman–Crippen MR) is 109 cm³/mol. The van der Waals surface area contributed by atoms with Crippen molar-refractivity contribution in [3.63, 3.8) is 0 Å². The highest BCUT2D eigenvalue weighted by atomic mass is 16.5. The van der Waals surface area contributed by atoms with Gasteiger partial charge in [0.05, 0.1) is 18.1 Å². The van der Waals surface area contributed by atoms with E-state index in [4.69, 9.17) is 9.47 Å². The van der Waals surface area contributed by atoms with Crippen LogP contribution in [0.1, 0.15) is 57.4 Å². The second-order valence-electron chi connectivity index (χ2n) is 7.19. The molecule has 1 N–H and O–H groups in total. The smallest absolute Gasteiger partial charge is 0.339 e. The van der Waals surface area contributed by atoms with E-state index in [1.54, 1.807) is 56.5 Å². The molecular formula is C22H24N2O6. The number of ketones is 1. The highest BCUT2D eigenvalue weighted by Gasteiger charge is 2.27. The van der Waals surface area contributed by atoms with Crippen molar-refractivity contribution in [3.8, 4) is 0 Å². The van der Waals surface area contributed by atoms with Crippen molar-refractivity contribution in [2.45, 2.75) is 40.2 Å². The van der Waals surface area contributed by atoms with Crippen molar-refractivity contribution in [1.82, 2.24) is 4.57 Å². The molecule has 0 saturated carbocycles. The number of nitrogens with one attached hydrogen (secondary N) is 1. The second kappa shape index (κ2) is 8.52. The summed E-state index contributed by atoms with van der Waals surface area (Å²) >= 11 is 0. The van der Waals surface area contributed by atoms with Crippen LogP contribution in [0.5, 0.6) is 0 Å². The molecule has 1 aromatic heterocycles. The number of Topliss-reactive ketones (excluding diaryl/α,β-unsaturated/α-hetero) is 1. The maximum absolute atomic E-state index is 12.4. The molecule has 8 nitrogen and oxygen atoms in total. The number of aromatic nitrogens is 1. The average Bonchev–Trinajstić information content (AvgIpc) is 3.16. The van der Waals surface area contributed by atoms with Gasteiger partial charge in [-0.3, -0.25) is 14.4 Å². The zero-order valence-electron chi connectivity index (χ0n) is 17.4. The number of aryl methyl sites for hydroxylation is 1. The molecule has 1 aliphatic rings. The number of hydrogen-bond donors (Lipinski definition) is 1. The third-order valence-corrected chi connectivity index (χ3v) is 5.21. The fraction of sp³-hybridized carbons (Fsp3) is 0.364. The molecule has 0 saturated heterocycles. The summed E-state index contributed by atoms with van der Waals surface area (Å²) in [6, 6.07) is 6.58. The fourth-order valence-electron chi connectivity index (χ4n) is 3.45. The molecule has 2 heterocycles. The van der Waals surface area contributed by atoms with Crippen LogP contribution in [0.15, 0.2) is 24.3 Å². The van der Waals surface area contributed by atoms with Gasteiger partial charge in [-0.1, -0.05) is 0 Å². The number of anilines is 1. The number of amides is 1. The van der Waals surface area contributed by atoms with Crippen LogP contribution in [-0.4, -0.2) is 41.4 Å². The Kier molecular flexibility index (Phi) is 6.05. The summed E-state index contributed by atoms with van der Waals surface area (Å²) in [5, 5.41) is 2.75. The number of nitrogens with zero attached hydrogens (tertiary/aromatic N) is 1. The van der Waals surface area contributed by atoms with E-state index in [-0.39, 0.29) is 30.8 Å². The van der Waals surface area contributed by atoms with Crippen molar-refractivity contribution in [1.29, 1.82) is 0 Å². The molecular weight excluding hydrogens is 388 g/mol. The first kappa shape index (κ1) is 21.3. The standard InChI is InChI=1S/C22H24N2O6/c1-5-29-22(28)17-8-12(2)24(14(17)4)10-20(26)30-11-19(25)15-6-7-18-16(9-15)13(3)21(27)23-18/h6-9,13H,5,10-11H2,1-4H3,(H,23,27)/t13-/m0/s1. The van der Waals surface area contributed by atoms with Crippen molar-refractivity contribution >= 4 is 29.3 Å². The maximum atomic E-state index is 12.4. The van der Waals surface area contributed by atoms with Crippen LogP contribution >= 0.6 is 0 Å². The minimum atomic E-state index is -0.591. The highest BCUT2D eigenvalue weighted by molar-refractivity contribution is 6.05. The fourth-order valence-corrected chi connectivity index (χ4v) is 3.45. The molecule has 1 aromatic carbocycles. The molecule has 158 valence electrons. The normalized spacial score (nSPS) is 14.8. The molecule has 0 fully saturated rings. The van der Waals surface area contributed by atoms with E-state index >= 15 is 0 Å². The first-order valence-corrected chi connectivity index (χ1v) is 9.70. The monoisotopic (exact) mass is 412 g/mol. The van der Waals surface area contributed by atoms with Crippen LogP contribution in [-0.2, 0) is 25.6 Å². The molecule has 3 rings (SSSR count). The van der Waals surface area contributed by atoms with E-state index in [1.165, 1.54) is 0 Å². The largest absolute Gasteiger partial charge is 0.462 e. The van der Waals surface area contributed by atoms with E-state index in [2.05, 4.69) is 5.32 Å². The number of rotatable bonds is 7. The van der Waals surface area contributed by atoms with Crippen molar-refractivity contribution in [3.05, 3.63) is 52.3 Å². The molecule has 8 heteroatoms.